The maximum absolute atomic E-state index is 10.3. The summed E-state index contributed by atoms with van der Waals surface area (Å²) >= 11 is 0. The molecule has 0 spiro atoms. The summed E-state index contributed by atoms with van der Waals surface area (Å²) in [4.78, 5) is 3.36. The number of aromatic amines is 1. The Labute approximate surface area is 184 Å². The molecule has 31 heavy (non-hydrogen) atoms. The molecule has 7 nitrogen and oxygen atoms in total. The molecule has 0 saturated carbocycles. The van der Waals surface area contributed by atoms with Gasteiger partial charge < -0.3 is 34.7 Å². The predicted molar refractivity (Wildman–Crippen MR) is 120 cm³/mol. The van der Waals surface area contributed by atoms with Crippen LogP contribution in [0.3, 0.4) is 0 Å². The number of para-hydroxylation sites is 1. The molecule has 162 valence electrons. The third-order valence-electron chi connectivity index (χ3n) is 4.88. The fraction of sp³-hybridized carbons (Fsp3) is 0.250. The van der Waals surface area contributed by atoms with Gasteiger partial charge in [0.25, 0.3) is 0 Å². The van der Waals surface area contributed by atoms with Crippen LogP contribution in [0.1, 0.15) is 4.11 Å². The molecule has 0 aliphatic carbocycles. The lowest BCUT2D eigenvalue weighted by molar-refractivity contribution is 0.106. The summed E-state index contributed by atoms with van der Waals surface area (Å²) in [5.74, 6) is 0.703. The van der Waals surface area contributed by atoms with E-state index in [1.807, 2.05) is 42.5 Å². The first-order chi connectivity index (χ1) is 16.3. The lowest BCUT2D eigenvalue weighted by atomic mass is 10.1. The van der Waals surface area contributed by atoms with Crippen molar-refractivity contribution in [1.29, 1.82) is 0 Å². The lowest BCUT2D eigenvalue weighted by Crippen LogP contribution is -2.33. The number of aromatic nitrogens is 1. The van der Waals surface area contributed by atoms with Crippen LogP contribution in [0.4, 0.5) is 0 Å². The quantitative estimate of drug-likeness (QED) is 0.291. The molecule has 0 aliphatic heterocycles. The van der Waals surface area contributed by atoms with Crippen LogP contribution in [0.15, 0.2) is 60.7 Å². The molecule has 1 atom stereocenters. The molecule has 0 radical (unpaired) electrons. The highest BCUT2D eigenvalue weighted by Gasteiger charge is 2.11. The Morgan fingerprint density at radius 3 is 2.77 bits per heavy atom. The number of methoxy groups -OCH3 is 1. The van der Waals surface area contributed by atoms with Crippen molar-refractivity contribution >= 4 is 21.8 Å². The SMILES string of the molecule is [2H]C([2H])([2H])Oc1cc(O)ccc1OCCNCC(O)COc1cccc2[nH]c3ccccc3c12. The zero-order chi connectivity index (χ0) is 24.1. The Balaban J connectivity index is 1.25. The number of aromatic hydroxyl groups is 1. The van der Waals surface area contributed by atoms with E-state index in [1.54, 1.807) is 0 Å². The van der Waals surface area contributed by atoms with Crippen LogP contribution in [0.2, 0.25) is 0 Å². The zero-order valence-electron chi connectivity index (χ0n) is 19.8. The summed E-state index contributed by atoms with van der Waals surface area (Å²) in [6.45, 7) is 0.982. The van der Waals surface area contributed by atoms with Gasteiger partial charge in [0, 0.05) is 35.4 Å². The van der Waals surface area contributed by atoms with E-state index < -0.39 is 13.1 Å². The summed E-state index contributed by atoms with van der Waals surface area (Å²) in [6.07, 6.45) is -0.747. The average molecular weight is 425 g/mol. The van der Waals surface area contributed by atoms with Gasteiger partial charge in [0.2, 0.25) is 0 Å². The molecule has 0 amide bonds. The summed E-state index contributed by atoms with van der Waals surface area (Å²) in [5.41, 5.74) is 2.00. The Hall–Kier alpha value is -3.42. The third-order valence-corrected chi connectivity index (χ3v) is 4.88. The second-order valence-electron chi connectivity index (χ2n) is 7.10. The Bertz CT molecular complexity index is 1260. The van der Waals surface area contributed by atoms with Gasteiger partial charge >= 0.3 is 0 Å². The summed E-state index contributed by atoms with van der Waals surface area (Å²) in [7, 11) is -2.66. The topological polar surface area (TPSA) is 96.0 Å². The predicted octanol–water partition coefficient (Wildman–Crippen LogP) is 3.44. The van der Waals surface area contributed by atoms with E-state index in [4.69, 9.17) is 18.3 Å². The van der Waals surface area contributed by atoms with Gasteiger partial charge in [-0.05, 0) is 30.3 Å². The lowest BCUT2D eigenvalue weighted by Gasteiger charge is -2.15. The fourth-order valence-corrected chi connectivity index (χ4v) is 3.43. The highest BCUT2D eigenvalue weighted by molar-refractivity contribution is 6.10. The first kappa shape index (κ1) is 17.3. The Morgan fingerprint density at radius 2 is 1.87 bits per heavy atom. The van der Waals surface area contributed by atoms with E-state index in [-0.39, 0.29) is 37.0 Å². The highest BCUT2D eigenvalue weighted by Crippen LogP contribution is 2.33. The van der Waals surface area contributed by atoms with E-state index in [2.05, 4.69) is 10.3 Å². The van der Waals surface area contributed by atoms with Gasteiger partial charge in [0.1, 0.15) is 30.8 Å². The molecule has 0 fully saturated rings. The zero-order valence-corrected chi connectivity index (χ0v) is 16.8. The van der Waals surface area contributed by atoms with Crippen LogP contribution in [-0.4, -0.2) is 54.6 Å². The first-order valence-corrected chi connectivity index (χ1v) is 9.96. The molecule has 0 aliphatic rings. The van der Waals surface area contributed by atoms with Gasteiger partial charge in [-0.2, -0.15) is 0 Å². The van der Waals surface area contributed by atoms with Crippen molar-refractivity contribution in [1.82, 2.24) is 10.3 Å². The maximum Gasteiger partial charge on any atom is 0.164 e. The number of aliphatic hydroxyl groups excluding tert-OH is 1. The number of nitrogens with one attached hydrogen (secondary N) is 2. The fourth-order valence-electron chi connectivity index (χ4n) is 3.43. The van der Waals surface area contributed by atoms with Gasteiger partial charge in [-0.1, -0.05) is 24.3 Å². The number of phenolic OH excluding ortho intramolecular Hbond substituents is 1. The number of benzene rings is 3. The van der Waals surface area contributed by atoms with Crippen LogP contribution in [0.5, 0.6) is 23.0 Å². The first-order valence-electron chi connectivity index (χ1n) is 11.5. The molecule has 1 unspecified atom stereocenters. The molecule has 3 aromatic carbocycles. The molecular weight excluding hydrogens is 396 g/mol. The molecular formula is C24H26N2O5. The third kappa shape index (κ3) is 4.84. The van der Waals surface area contributed by atoms with Crippen molar-refractivity contribution in [2.75, 3.05) is 33.3 Å². The Morgan fingerprint density at radius 1 is 1.00 bits per heavy atom. The molecule has 0 bridgehead atoms. The average Bonchev–Trinajstić information content (AvgIpc) is 3.17. The summed E-state index contributed by atoms with van der Waals surface area (Å²) in [6, 6.07) is 17.8. The second kappa shape index (κ2) is 9.59. The number of aliphatic hydroxyl groups is 1. The van der Waals surface area contributed by atoms with Gasteiger partial charge in [-0.25, -0.2) is 0 Å². The molecule has 1 heterocycles. The monoisotopic (exact) mass is 425 g/mol. The van der Waals surface area contributed by atoms with Crippen LogP contribution in [0.25, 0.3) is 21.8 Å². The van der Waals surface area contributed by atoms with Crippen molar-refractivity contribution in [3.63, 3.8) is 0 Å². The number of rotatable bonds is 10. The minimum atomic E-state index is -2.66. The van der Waals surface area contributed by atoms with E-state index in [9.17, 15) is 10.2 Å². The standard InChI is InChI=1S/C24H26N2O5/c1-29-23-13-16(27)9-10-21(23)30-12-11-25-14-17(28)15-31-22-8-4-7-20-24(22)18-5-2-3-6-19(18)26-20/h2-10,13,17,25-28H,11-12,14-15H2,1H3/i1D3. The van der Waals surface area contributed by atoms with Crippen LogP contribution >= 0.6 is 0 Å². The smallest absolute Gasteiger partial charge is 0.164 e. The van der Waals surface area contributed by atoms with Crippen LogP contribution < -0.4 is 19.5 Å². The van der Waals surface area contributed by atoms with Crippen molar-refractivity contribution in [3.8, 4) is 23.0 Å². The largest absolute Gasteiger partial charge is 0.508 e. The van der Waals surface area contributed by atoms with Gasteiger partial charge in [-0.15, -0.1) is 0 Å². The van der Waals surface area contributed by atoms with Gasteiger partial charge in [-0.3, -0.25) is 0 Å². The minimum absolute atomic E-state index is 0.0695. The van der Waals surface area contributed by atoms with E-state index >= 15 is 0 Å². The highest BCUT2D eigenvalue weighted by atomic mass is 16.5. The molecule has 1 aromatic heterocycles. The van der Waals surface area contributed by atoms with Gasteiger partial charge in [0.15, 0.2) is 11.5 Å². The van der Waals surface area contributed by atoms with E-state index in [1.165, 1.54) is 18.2 Å². The number of hydrogen-bond acceptors (Lipinski definition) is 6. The number of H-pyrrole nitrogens is 1. The van der Waals surface area contributed by atoms with Crippen molar-refractivity contribution in [2.45, 2.75) is 6.10 Å². The number of ether oxygens (including phenoxy) is 3. The second-order valence-corrected chi connectivity index (χ2v) is 7.10. The number of hydrogen-bond donors (Lipinski definition) is 4. The van der Waals surface area contributed by atoms with Crippen LogP contribution in [-0.2, 0) is 0 Å². The normalized spacial score (nSPS) is 14.0. The van der Waals surface area contributed by atoms with E-state index in [0.717, 1.165) is 21.8 Å². The molecule has 4 rings (SSSR count). The maximum atomic E-state index is 10.3. The van der Waals surface area contributed by atoms with Crippen molar-refractivity contribution in [2.24, 2.45) is 0 Å². The van der Waals surface area contributed by atoms with Crippen molar-refractivity contribution < 1.29 is 28.5 Å². The molecule has 7 heteroatoms. The molecule has 4 aromatic rings. The van der Waals surface area contributed by atoms with E-state index in [0.29, 0.717) is 12.3 Å². The van der Waals surface area contributed by atoms with Gasteiger partial charge in [0.05, 0.1) is 16.7 Å². The Kier molecular flexibility index (Phi) is 5.35. The molecule has 4 N–H and O–H groups in total. The minimum Gasteiger partial charge on any atom is -0.508 e. The number of phenols is 1. The van der Waals surface area contributed by atoms with Crippen molar-refractivity contribution in [3.05, 3.63) is 60.7 Å². The molecule has 0 saturated heterocycles. The summed E-state index contributed by atoms with van der Waals surface area (Å²) < 4.78 is 38.0. The summed E-state index contributed by atoms with van der Waals surface area (Å²) in [5, 5.41) is 25.0. The van der Waals surface area contributed by atoms with Crippen LogP contribution in [0, 0.1) is 0 Å². The number of fused-ring (bicyclic) bond motifs is 3.